The van der Waals surface area contributed by atoms with Crippen molar-refractivity contribution in [2.24, 2.45) is 0 Å². The van der Waals surface area contributed by atoms with Crippen LogP contribution in [0.1, 0.15) is 21.5 Å². The van der Waals surface area contributed by atoms with E-state index in [9.17, 15) is 9.35 Å². The summed E-state index contributed by atoms with van der Waals surface area (Å²) in [5.41, 5.74) is 5.64. The molecular formula is C26H25N4O3S. The van der Waals surface area contributed by atoms with Crippen LogP contribution in [-0.2, 0) is 15.9 Å². The van der Waals surface area contributed by atoms with Gasteiger partial charge in [-0.25, -0.2) is 10.3 Å². The van der Waals surface area contributed by atoms with E-state index >= 15 is 0 Å². The van der Waals surface area contributed by atoms with Gasteiger partial charge in [-0.1, -0.05) is 12.1 Å². The summed E-state index contributed by atoms with van der Waals surface area (Å²) in [6, 6.07) is 15.7. The Balaban J connectivity index is 1.53. The molecule has 1 unspecified atom stereocenters. The molecule has 8 heteroatoms. The summed E-state index contributed by atoms with van der Waals surface area (Å²) in [5, 5.41) is 7.28. The Morgan fingerprint density at radius 2 is 1.88 bits per heavy atom. The van der Waals surface area contributed by atoms with Crippen molar-refractivity contribution in [3.05, 3.63) is 71.4 Å². The predicted octanol–water partition coefficient (Wildman–Crippen LogP) is 4.10. The van der Waals surface area contributed by atoms with Gasteiger partial charge in [0.2, 0.25) is 0 Å². The Morgan fingerprint density at radius 3 is 2.62 bits per heavy atom. The van der Waals surface area contributed by atoms with Crippen LogP contribution in [0.25, 0.3) is 17.3 Å². The van der Waals surface area contributed by atoms with Crippen LogP contribution in [0.3, 0.4) is 0 Å². The molecule has 1 radical (unpaired) electrons. The standard InChI is InChI=1S/C26H25N4O3S/c1-17-21(4-3-5-23(17)34(2)32)22-16-18-10-11-27-26(31)24(18)25(29-22)28-19-6-8-20(9-7-19)30-12-14-33-15-13-30/h3-11,16H,12-15H2,1-2H3,(H,28,29). The Kier molecular flexibility index (Phi) is 6.28. The first kappa shape index (κ1) is 22.5. The Bertz CT molecular complexity index is 1250. The van der Waals surface area contributed by atoms with Crippen LogP contribution in [0.5, 0.6) is 0 Å². The van der Waals surface area contributed by atoms with E-state index in [0.717, 1.165) is 59.3 Å². The lowest BCUT2D eigenvalue weighted by molar-refractivity contribution is 0.0965. The van der Waals surface area contributed by atoms with Crippen LogP contribution in [0.15, 0.2) is 59.6 Å². The molecule has 1 atom stereocenters. The number of anilines is 3. The van der Waals surface area contributed by atoms with Crippen LogP contribution in [0.4, 0.5) is 17.2 Å². The first-order valence-corrected chi connectivity index (χ1v) is 12.7. The second-order valence-electron chi connectivity index (χ2n) is 8.22. The van der Waals surface area contributed by atoms with Gasteiger partial charge in [0.25, 0.3) is 5.91 Å². The molecule has 5 rings (SSSR count). The van der Waals surface area contributed by atoms with Gasteiger partial charge in [-0.3, -0.25) is 4.79 Å². The fraction of sp³-hybridized carbons (Fsp3) is 0.231. The molecule has 1 fully saturated rings. The van der Waals surface area contributed by atoms with Gasteiger partial charge < -0.3 is 19.5 Å². The highest BCUT2D eigenvalue weighted by molar-refractivity contribution is 7.90. The number of hydrogen-bond donors (Lipinski definition) is 1. The fourth-order valence-corrected chi connectivity index (χ4v) is 5.13. The summed E-state index contributed by atoms with van der Waals surface area (Å²) in [4.78, 5) is 20.5. The summed E-state index contributed by atoms with van der Waals surface area (Å²) in [6.45, 7) is 5.14. The number of aromatic nitrogens is 1. The lowest BCUT2D eigenvalue weighted by Gasteiger charge is -2.29. The SMILES string of the molecule is Cc1c(-c2cc3c(c(Nc4ccc(N5CCOCC5)cc4)n2)C(=O)[N]C=C3)cccc1[S+](C)[O-]. The maximum atomic E-state index is 12.7. The number of carbonyl (C=O) groups is 1. The van der Waals surface area contributed by atoms with E-state index in [-0.39, 0.29) is 5.91 Å². The molecule has 1 saturated heterocycles. The lowest BCUT2D eigenvalue weighted by Crippen LogP contribution is -2.36. The van der Waals surface area contributed by atoms with Gasteiger partial charge >= 0.3 is 0 Å². The molecule has 0 aliphatic carbocycles. The molecule has 1 aromatic heterocycles. The van der Waals surface area contributed by atoms with E-state index in [0.29, 0.717) is 17.1 Å². The Labute approximate surface area is 202 Å². The van der Waals surface area contributed by atoms with Crippen molar-refractivity contribution in [3.8, 4) is 11.3 Å². The number of pyridine rings is 1. The molecule has 3 aromatic rings. The van der Waals surface area contributed by atoms with E-state index in [1.165, 1.54) is 6.20 Å². The minimum absolute atomic E-state index is 0.330. The number of amides is 1. The normalized spacial score (nSPS) is 16.1. The second kappa shape index (κ2) is 9.50. The van der Waals surface area contributed by atoms with Crippen LogP contribution in [-0.4, -0.2) is 48.0 Å². The third-order valence-electron chi connectivity index (χ3n) is 6.09. The quantitative estimate of drug-likeness (QED) is 0.561. The largest absolute Gasteiger partial charge is 0.612 e. The highest BCUT2D eigenvalue weighted by Crippen LogP contribution is 2.33. The highest BCUT2D eigenvalue weighted by atomic mass is 32.2. The number of fused-ring (bicyclic) bond motifs is 1. The number of benzene rings is 2. The van der Waals surface area contributed by atoms with Crippen molar-refractivity contribution in [1.29, 1.82) is 0 Å². The van der Waals surface area contributed by atoms with Gasteiger partial charge in [0.1, 0.15) is 12.1 Å². The zero-order chi connectivity index (χ0) is 23.7. The minimum Gasteiger partial charge on any atom is -0.612 e. The number of ether oxygens (including phenoxy) is 1. The van der Waals surface area contributed by atoms with Crippen molar-refractivity contribution in [2.75, 3.05) is 42.8 Å². The predicted molar refractivity (Wildman–Crippen MR) is 135 cm³/mol. The van der Waals surface area contributed by atoms with Gasteiger partial charge in [-0.2, -0.15) is 0 Å². The lowest BCUT2D eigenvalue weighted by atomic mass is 9.99. The first-order chi connectivity index (χ1) is 16.5. The number of nitrogens with zero attached hydrogens (tertiary/aromatic N) is 3. The fourth-order valence-electron chi connectivity index (χ4n) is 4.32. The summed E-state index contributed by atoms with van der Waals surface area (Å²) in [6.07, 6.45) is 4.99. The third-order valence-corrected chi connectivity index (χ3v) is 7.15. The van der Waals surface area contributed by atoms with Gasteiger partial charge in [0, 0.05) is 41.8 Å². The molecule has 0 spiro atoms. The number of morpholine rings is 1. The molecule has 34 heavy (non-hydrogen) atoms. The van der Waals surface area contributed by atoms with E-state index in [2.05, 4.69) is 27.7 Å². The van der Waals surface area contributed by atoms with Gasteiger partial charge in [-0.05, 0) is 66.1 Å². The molecule has 1 amide bonds. The average Bonchev–Trinajstić information content (AvgIpc) is 2.85. The molecule has 0 saturated carbocycles. The maximum Gasteiger partial charge on any atom is 0.281 e. The van der Waals surface area contributed by atoms with E-state index in [1.54, 1.807) is 6.26 Å². The number of carbonyl (C=O) groups excluding carboxylic acids is 1. The average molecular weight is 474 g/mol. The van der Waals surface area contributed by atoms with Crippen molar-refractivity contribution in [2.45, 2.75) is 11.8 Å². The van der Waals surface area contributed by atoms with Crippen LogP contribution >= 0.6 is 0 Å². The highest BCUT2D eigenvalue weighted by Gasteiger charge is 2.24. The third kappa shape index (κ3) is 4.40. The van der Waals surface area contributed by atoms with E-state index < -0.39 is 11.2 Å². The van der Waals surface area contributed by atoms with E-state index in [4.69, 9.17) is 9.72 Å². The van der Waals surface area contributed by atoms with Crippen molar-refractivity contribution >= 4 is 40.4 Å². The summed E-state index contributed by atoms with van der Waals surface area (Å²) >= 11 is -1.11. The van der Waals surface area contributed by atoms with Gasteiger partial charge in [0.05, 0.1) is 24.5 Å². The molecule has 3 heterocycles. The monoisotopic (exact) mass is 473 g/mol. The molecule has 1 N–H and O–H groups in total. The van der Waals surface area contributed by atoms with Gasteiger partial charge in [-0.15, -0.1) is 0 Å². The van der Waals surface area contributed by atoms with Crippen LogP contribution in [0, 0.1) is 6.92 Å². The van der Waals surface area contributed by atoms with Crippen molar-refractivity contribution in [1.82, 2.24) is 10.3 Å². The van der Waals surface area contributed by atoms with Gasteiger partial charge in [0.15, 0.2) is 4.90 Å². The van der Waals surface area contributed by atoms with Crippen LogP contribution in [0.2, 0.25) is 0 Å². The summed E-state index contributed by atoms with van der Waals surface area (Å²) in [5.74, 6) is 0.122. The molecule has 2 aromatic carbocycles. The Hall–Kier alpha value is -3.33. The molecule has 0 bridgehead atoms. The van der Waals surface area contributed by atoms with Crippen molar-refractivity contribution in [3.63, 3.8) is 0 Å². The molecule has 7 nitrogen and oxygen atoms in total. The van der Waals surface area contributed by atoms with E-state index in [1.807, 2.05) is 49.4 Å². The second-order valence-corrected chi connectivity index (χ2v) is 9.57. The number of nitrogens with one attached hydrogen (secondary N) is 1. The number of rotatable bonds is 5. The van der Waals surface area contributed by atoms with Crippen molar-refractivity contribution < 1.29 is 14.1 Å². The zero-order valence-electron chi connectivity index (χ0n) is 19.1. The zero-order valence-corrected chi connectivity index (χ0v) is 19.9. The maximum absolute atomic E-state index is 12.7. The summed E-state index contributed by atoms with van der Waals surface area (Å²) in [7, 11) is 0. The first-order valence-electron chi connectivity index (χ1n) is 11.1. The molecule has 2 aliphatic heterocycles. The smallest absolute Gasteiger partial charge is 0.281 e. The minimum atomic E-state index is -1.11. The topological polar surface area (TPSA) is 91.6 Å². The molecular weight excluding hydrogens is 448 g/mol. The van der Waals surface area contributed by atoms with Crippen LogP contribution < -0.4 is 15.5 Å². The summed E-state index contributed by atoms with van der Waals surface area (Å²) < 4.78 is 17.6. The molecule has 2 aliphatic rings. The molecule has 173 valence electrons. The Morgan fingerprint density at radius 1 is 1.12 bits per heavy atom. The number of hydrogen-bond acceptors (Lipinski definition) is 6.